The van der Waals surface area contributed by atoms with Crippen molar-refractivity contribution in [2.45, 2.75) is 31.1 Å². The Balaban J connectivity index is 1.85. The maximum absolute atomic E-state index is 14.2. The molecule has 0 atom stereocenters. The van der Waals surface area contributed by atoms with Gasteiger partial charge in [-0.1, -0.05) is 19.1 Å². The Kier molecular flexibility index (Phi) is 5.38. The number of sulfonamides is 1. The molecule has 1 saturated heterocycles. The zero-order valence-electron chi connectivity index (χ0n) is 14.5. The minimum Gasteiger partial charge on any atom is -0.322 e. The molecule has 1 aliphatic heterocycles. The first-order valence-electron chi connectivity index (χ1n) is 8.62. The van der Waals surface area contributed by atoms with Gasteiger partial charge in [-0.15, -0.1) is 0 Å². The zero-order valence-corrected chi connectivity index (χ0v) is 15.4. The van der Waals surface area contributed by atoms with E-state index in [1.54, 1.807) is 12.1 Å². The highest BCUT2D eigenvalue weighted by atomic mass is 32.2. The first-order chi connectivity index (χ1) is 12.4. The van der Waals surface area contributed by atoms with E-state index >= 15 is 0 Å². The number of benzene rings is 2. The van der Waals surface area contributed by atoms with Gasteiger partial charge < -0.3 is 5.32 Å². The Bertz CT molecular complexity index is 905. The Morgan fingerprint density at radius 1 is 1.12 bits per heavy atom. The number of rotatable bonds is 5. The second-order valence-electron chi connectivity index (χ2n) is 6.26. The lowest BCUT2D eigenvalue weighted by atomic mass is 10.1. The summed E-state index contributed by atoms with van der Waals surface area (Å²) in [5.74, 6) is -1.33. The van der Waals surface area contributed by atoms with E-state index in [1.807, 2.05) is 19.1 Å². The van der Waals surface area contributed by atoms with Crippen molar-refractivity contribution in [1.82, 2.24) is 4.31 Å². The van der Waals surface area contributed by atoms with Gasteiger partial charge in [0.05, 0.1) is 0 Å². The first kappa shape index (κ1) is 18.5. The van der Waals surface area contributed by atoms with Crippen LogP contribution in [0.15, 0.2) is 47.4 Å². The number of amides is 1. The summed E-state index contributed by atoms with van der Waals surface area (Å²) in [6.45, 7) is 2.79. The molecule has 7 heteroatoms. The van der Waals surface area contributed by atoms with Gasteiger partial charge in [0.2, 0.25) is 10.0 Å². The molecule has 0 radical (unpaired) electrons. The van der Waals surface area contributed by atoms with Crippen LogP contribution < -0.4 is 5.32 Å². The molecule has 1 amide bonds. The molecule has 1 fully saturated rings. The largest absolute Gasteiger partial charge is 0.322 e. The predicted octanol–water partition coefficient (Wildman–Crippen LogP) is 3.42. The third kappa shape index (κ3) is 3.78. The molecule has 2 aromatic carbocycles. The molecule has 5 nitrogen and oxygen atoms in total. The molecule has 0 saturated carbocycles. The van der Waals surface area contributed by atoms with Crippen LogP contribution >= 0.6 is 0 Å². The summed E-state index contributed by atoms with van der Waals surface area (Å²) in [6, 6.07) is 10.8. The summed E-state index contributed by atoms with van der Waals surface area (Å²) in [5.41, 5.74) is 1.84. The zero-order chi connectivity index (χ0) is 18.7. The van der Waals surface area contributed by atoms with E-state index in [0.717, 1.165) is 37.0 Å². The number of nitrogens with zero attached hydrogens (tertiary/aromatic N) is 1. The van der Waals surface area contributed by atoms with Crippen molar-refractivity contribution >= 4 is 21.6 Å². The van der Waals surface area contributed by atoms with Gasteiger partial charge in [-0.05, 0) is 55.2 Å². The molecule has 2 aromatic rings. The van der Waals surface area contributed by atoms with Crippen LogP contribution in [0.3, 0.4) is 0 Å². The molecule has 0 spiro atoms. The van der Waals surface area contributed by atoms with Crippen molar-refractivity contribution in [3.05, 3.63) is 59.4 Å². The fraction of sp³-hybridized carbons (Fsp3) is 0.316. The second kappa shape index (κ2) is 7.55. The van der Waals surface area contributed by atoms with Crippen LogP contribution in [-0.4, -0.2) is 31.7 Å². The summed E-state index contributed by atoms with van der Waals surface area (Å²) in [6.07, 6.45) is 2.41. The van der Waals surface area contributed by atoms with Gasteiger partial charge in [-0.2, -0.15) is 4.31 Å². The molecule has 1 N–H and O–H groups in total. The Hall–Kier alpha value is -2.25. The lowest BCUT2D eigenvalue weighted by Gasteiger charge is -2.16. The van der Waals surface area contributed by atoms with E-state index in [2.05, 4.69) is 5.32 Å². The van der Waals surface area contributed by atoms with Gasteiger partial charge in [-0.3, -0.25) is 4.79 Å². The van der Waals surface area contributed by atoms with Crippen LogP contribution in [0, 0.1) is 5.82 Å². The van der Waals surface area contributed by atoms with Gasteiger partial charge >= 0.3 is 0 Å². The molecule has 0 bridgehead atoms. The van der Waals surface area contributed by atoms with E-state index in [4.69, 9.17) is 0 Å². The molecule has 0 unspecified atom stereocenters. The Morgan fingerprint density at radius 3 is 2.38 bits per heavy atom. The molecule has 0 aromatic heterocycles. The molecule has 3 rings (SSSR count). The van der Waals surface area contributed by atoms with E-state index in [9.17, 15) is 17.6 Å². The van der Waals surface area contributed by atoms with Gasteiger partial charge in [0.15, 0.2) is 0 Å². The van der Waals surface area contributed by atoms with E-state index in [0.29, 0.717) is 18.8 Å². The predicted molar refractivity (Wildman–Crippen MR) is 98.2 cm³/mol. The number of carbonyl (C=O) groups is 1. The number of hydrogen-bond donors (Lipinski definition) is 1. The van der Waals surface area contributed by atoms with Crippen molar-refractivity contribution in [3.8, 4) is 0 Å². The molecule has 138 valence electrons. The van der Waals surface area contributed by atoms with E-state index < -0.39 is 26.6 Å². The van der Waals surface area contributed by atoms with E-state index in [-0.39, 0.29) is 5.56 Å². The summed E-state index contributed by atoms with van der Waals surface area (Å²) >= 11 is 0. The Morgan fingerprint density at radius 2 is 1.77 bits per heavy atom. The maximum atomic E-state index is 14.2. The van der Waals surface area contributed by atoms with Gasteiger partial charge in [-0.25, -0.2) is 12.8 Å². The lowest BCUT2D eigenvalue weighted by Crippen LogP contribution is -2.29. The minimum absolute atomic E-state index is 0.101. The molecular weight excluding hydrogens is 355 g/mol. The number of anilines is 1. The average molecular weight is 376 g/mol. The lowest BCUT2D eigenvalue weighted by molar-refractivity contribution is 0.102. The van der Waals surface area contributed by atoms with Gasteiger partial charge in [0.1, 0.15) is 10.7 Å². The SMILES string of the molecule is CCc1ccc(NC(=O)c2ccc(F)c(S(=O)(=O)N3CCCC3)c2)cc1. The number of nitrogens with one attached hydrogen (secondary N) is 1. The van der Waals surface area contributed by atoms with Crippen LogP contribution in [0.5, 0.6) is 0 Å². The Labute approximate surface area is 152 Å². The number of hydrogen-bond acceptors (Lipinski definition) is 3. The quantitative estimate of drug-likeness (QED) is 0.869. The van der Waals surface area contributed by atoms with Crippen LogP contribution in [0.4, 0.5) is 10.1 Å². The molecule has 1 heterocycles. The summed E-state index contributed by atoms with van der Waals surface area (Å²) in [7, 11) is -3.93. The fourth-order valence-electron chi connectivity index (χ4n) is 2.94. The second-order valence-corrected chi connectivity index (χ2v) is 8.17. The normalized spacial score (nSPS) is 15.2. The van der Waals surface area contributed by atoms with Gasteiger partial charge in [0.25, 0.3) is 5.91 Å². The smallest absolute Gasteiger partial charge is 0.255 e. The highest BCUT2D eigenvalue weighted by molar-refractivity contribution is 7.89. The third-order valence-electron chi connectivity index (χ3n) is 4.50. The van der Waals surface area contributed by atoms with Gasteiger partial charge in [0, 0.05) is 24.3 Å². The number of aryl methyl sites for hydroxylation is 1. The van der Waals surface area contributed by atoms with Crippen molar-refractivity contribution in [2.75, 3.05) is 18.4 Å². The van der Waals surface area contributed by atoms with Crippen LogP contribution in [0.25, 0.3) is 0 Å². The van der Waals surface area contributed by atoms with Crippen LogP contribution in [0.2, 0.25) is 0 Å². The minimum atomic E-state index is -3.93. The summed E-state index contributed by atoms with van der Waals surface area (Å²) < 4.78 is 40.6. The molecular formula is C19H21FN2O3S. The highest BCUT2D eigenvalue weighted by Crippen LogP contribution is 2.24. The third-order valence-corrected chi connectivity index (χ3v) is 6.41. The standard InChI is InChI=1S/C19H21FN2O3S/c1-2-14-5-8-16(9-6-14)21-19(23)15-7-10-17(20)18(13-15)26(24,25)22-11-3-4-12-22/h5-10,13H,2-4,11-12H2,1H3,(H,21,23). The van der Waals surface area contributed by atoms with Crippen molar-refractivity contribution in [2.24, 2.45) is 0 Å². The van der Waals surface area contributed by atoms with Crippen LogP contribution in [-0.2, 0) is 16.4 Å². The fourth-order valence-corrected chi connectivity index (χ4v) is 4.54. The maximum Gasteiger partial charge on any atom is 0.255 e. The van der Waals surface area contributed by atoms with Crippen molar-refractivity contribution < 1.29 is 17.6 Å². The summed E-state index contributed by atoms with van der Waals surface area (Å²) in [4.78, 5) is 12.0. The molecule has 1 aliphatic rings. The monoisotopic (exact) mass is 376 g/mol. The molecule has 0 aliphatic carbocycles. The highest BCUT2D eigenvalue weighted by Gasteiger charge is 2.30. The van der Waals surface area contributed by atoms with E-state index in [1.165, 1.54) is 10.4 Å². The van der Waals surface area contributed by atoms with Crippen molar-refractivity contribution in [1.29, 1.82) is 0 Å². The van der Waals surface area contributed by atoms with Crippen molar-refractivity contribution in [3.63, 3.8) is 0 Å². The molecule has 26 heavy (non-hydrogen) atoms. The van der Waals surface area contributed by atoms with Crippen LogP contribution in [0.1, 0.15) is 35.7 Å². The number of halogens is 1. The topological polar surface area (TPSA) is 66.5 Å². The number of carbonyl (C=O) groups excluding carboxylic acids is 1. The first-order valence-corrected chi connectivity index (χ1v) is 10.1. The summed E-state index contributed by atoms with van der Waals surface area (Å²) in [5, 5.41) is 2.71. The average Bonchev–Trinajstić information content (AvgIpc) is 3.18.